The van der Waals surface area contributed by atoms with Crippen LogP contribution in [0.4, 0.5) is 0 Å². The van der Waals surface area contributed by atoms with E-state index in [0.29, 0.717) is 11.1 Å². The second-order valence-electron chi connectivity index (χ2n) is 9.64. The molecule has 2 saturated heterocycles. The highest BCUT2D eigenvalue weighted by atomic mass is 16.6. The van der Waals surface area contributed by atoms with Gasteiger partial charge in [-0.3, -0.25) is 0 Å². The van der Waals surface area contributed by atoms with Gasteiger partial charge in [-0.05, 0) is 47.2 Å². The first-order chi connectivity index (χ1) is 17.1. The van der Waals surface area contributed by atoms with E-state index < -0.39 is 74.3 Å². The number of ether oxygens (including phenoxy) is 2. The fourth-order valence-corrected chi connectivity index (χ4v) is 5.09. The van der Waals surface area contributed by atoms with Crippen LogP contribution in [-0.4, -0.2) is 103 Å². The molecule has 2 aliphatic heterocycles. The molecule has 2 aromatic carbocycles. The molecule has 0 aliphatic carbocycles. The molecule has 198 valence electrons. The van der Waals surface area contributed by atoms with Crippen LogP contribution in [0, 0.1) is 13.8 Å². The summed E-state index contributed by atoms with van der Waals surface area (Å²) in [6, 6.07) is 10.9. The number of aryl methyl sites for hydroxylation is 2. The normalized spacial score (nSPS) is 37.2. The Labute approximate surface area is 208 Å². The van der Waals surface area contributed by atoms with Gasteiger partial charge in [0.05, 0.1) is 13.2 Å². The van der Waals surface area contributed by atoms with Crippen molar-refractivity contribution in [1.82, 2.24) is 0 Å². The summed E-state index contributed by atoms with van der Waals surface area (Å²) in [6.07, 6.45) is -12.4. The van der Waals surface area contributed by atoms with Crippen LogP contribution in [-0.2, 0) is 9.47 Å². The number of benzene rings is 2. The standard InChI is InChI=1S/C26H34O10/c1-11-8-14(25-23(33)21(31)19(29)17(9-27)35-25)4-5-15(11)13-3-6-16(12(2)7-13)26-24(34)22(32)20(30)18(10-28)36-26/h3-8,17-34H,9-10H2,1-2H3/t17-,18-,19-,20-,21+,22+,23+,24+,25-,26-/m1/s1. The first-order valence-electron chi connectivity index (χ1n) is 11.9. The molecule has 2 aliphatic rings. The summed E-state index contributed by atoms with van der Waals surface area (Å²) in [7, 11) is 0. The predicted molar refractivity (Wildman–Crippen MR) is 127 cm³/mol. The van der Waals surface area contributed by atoms with Crippen LogP contribution >= 0.6 is 0 Å². The average Bonchev–Trinajstić information content (AvgIpc) is 2.86. The van der Waals surface area contributed by atoms with Crippen LogP contribution in [0.1, 0.15) is 34.5 Å². The number of aliphatic hydroxyl groups is 8. The van der Waals surface area contributed by atoms with Crippen LogP contribution in [0.25, 0.3) is 11.1 Å². The SMILES string of the molecule is Cc1cc([C@H]2O[C@H](CO)[C@@H](O)[C@H](O)[C@@H]2O)ccc1-c1ccc([C@H]2O[C@H](CO)[C@@H](O)[C@H](O)[C@@H]2O)c(C)c1. The minimum absolute atomic E-state index is 0.501. The monoisotopic (exact) mass is 506 g/mol. The smallest absolute Gasteiger partial charge is 0.113 e. The zero-order valence-electron chi connectivity index (χ0n) is 20.0. The molecule has 0 amide bonds. The van der Waals surface area contributed by atoms with Gasteiger partial charge in [0.15, 0.2) is 0 Å². The van der Waals surface area contributed by atoms with Crippen LogP contribution in [0.5, 0.6) is 0 Å². The van der Waals surface area contributed by atoms with E-state index in [4.69, 9.17) is 9.47 Å². The van der Waals surface area contributed by atoms with E-state index in [1.165, 1.54) is 0 Å². The average molecular weight is 507 g/mol. The zero-order chi connectivity index (χ0) is 26.3. The second-order valence-corrected chi connectivity index (χ2v) is 9.64. The molecular weight excluding hydrogens is 472 g/mol. The van der Waals surface area contributed by atoms with Gasteiger partial charge in [0, 0.05) is 0 Å². The van der Waals surface area contributed by atoms with Crippen molar-refractivity contribution in [3.63, 3.8) is 0 Å². The maximum atomic E-state index is 10.5. The Kier molecular flexibility index (Phi) is 8.13. The van der Waals surface area contributed by atoms with Gasteiger partial charge >= 0.3 is 0 Å². The van der Waals surface area contributed by atoms with E-state index in [1.807, 2.05) is 38.1 Å². The van der Waals surface area contributed by atoms with Crippen molar-refractivity contribution in [2.45, 2.75) is 74.9 Å². The number of aliphatic hydroxyl groups excluding tert-OH is 8. The lowest BCUT2D eigenvalue weighted by Crippen LogP contribution is -2.55. The van der Waals surface area contributed by atoms with Gasteiger partial charge in [0.25, 0.3) is 0 Å². The summed E-state index contributed by atoms with van der Waals surface area (Å²) in [5.41, 5.74) is 4.57. The van der Waals surface area contributed by atoms with Crippen LogP contribution in [0.15, 0.2) is 36.4 Å². The van der Waals surface area contributed by atoms with E-state index in [0.717, 1.165) is 22.3 Å². The molecule has 10 heteroatoms. The molecule has 0 unspecified atom stereocenters. The van der Waals surface area contributed by atoms with Gasteiger partial charge in [0.2, 0.25) is 0 Å². The van der Waals surface area contributed by atoms with Crippen LogP contribution in [0.3, 0.4) is 0 Å². The van der Waals surface area contributed by atoms with Crippen molar-refractivity contribution in [2.75, 3.05) is 13.2 Å². The van der Waals surface area contributed by atoms with Gasteiger partial charge in [-0.25, -0.2) is 0 Å². The fraction of sp³-hybridized carbons (Fsp3) is 0.538. The van der Waals surface area contributed by atoms with E-state index in [2.05, 4.69) is 0 Å². The quantitative estimate of drug-likeness (QED) is 0.251. The first-order valence-corrected chi connectivity index (χ1v) is 11.9. The topological polar surface area (TPSA) is 180 Å². The molecule has 2 aromatic rings. The third kappa shape index (κ3) is 4.82. The largest absolute Gasteiger partial charge is 0.394 e. The van der Waals surface area contributed by atoms with E-state index >= 15 is 0 Å². The highest BCUT2D eigenvalue weighted by molar-refractivity contribution is 5.69. The van der Waals surface area contributed by atoms with Crippen molar-refractivity contribution in [3.8, 4) is 11.1 Å². The molecule has 4 rings (SSSR count). The Morgan fingerprint density at radius 3 is 1.69 bits per heavy atom. The minimum Gasteiger partial charge on any atom is -0.394 e. The number of hydrogen-bond acceptors (Lipinski definition) is 10. The summed E-state index contributed by atoms with van der Waals surface area (Å²) in [5.74, 6) is 0. The highest BCUT2D eigenvalue weighted by Gasteiger charge is 2.45. The molecule has 2 heterocycles. The molecular formula is C26H34O10. The second kappa shape index (κ2) is 10.8. The molecule has 0 bridgehead atoms. The lowest BCUT2D eigenvalue weighted by Gasteiger charge is -2.40. The summed E-state index contributed by atoms with van der Waals surface area (Å²) in [4.78, 5) is 0. The summed E-state index contributed by atoms with van der Waals surface area (Å²) in [6.45, 7) is 2.71. The Hall–Kier alpha value is -1.96. The van der Waals surface area contributed by atoms with Gasteiger partial charge in [0.1, 0.15) is 61.0 Å². The Balaban J connectivity index is 1.59. The molecule has 10 atom stereocenters. The van der Waals surface area contributed by atoms with Gasteiger partial charge in [-0.1, -0.05) is 36.4 Å². The van der Waals surface area contributed by atoms with Gasteiger partial charge in [-0.15, -0.1) is 0 Å². The lowest BCUT2D eigenvalue weighted by molar-refractivity contribution is -0.231. The Bertz CT molecular complexity index is 1060. The zero-order valence-corrected chi connectivity index (χ0v) is 20.0. The van der Waals surface area contributed by atoms with Crippen molar-refractivity contribution in [1.29, 1.82) is 0 Å². The molecule has 10 nitrogen and oxygen atoms in total. The molecule has 2 fully saturated rings. The summed E-state index contributed by atoms with van der Waals surface area (Å²) in [5, 5.41) is 80.2. The van der Waals surface area contributed by atoms with E-state index in [-0.39, 0.29) is 0 Å². The molecule has 0 radical (unpaired) electrons. The van der Waals surface area contributed by atoms with Crippen LogP contribution < -0.4 is 0 Å². The third-order valence-electron chi connectivity index (χ3n) is 7.25. The van der Waals surface area contributed by atoms with Crippen LogP contribution in [0.2, 0.25) is 0 Å². The molecule has 0 saturated carbocycles. The maximum Gasteiger partial charge on any atom is 0.113 e. The molecule has 36 heavy (non-hydrogen) atoms. The van der Waals surface area contributed by atoms with Crippen molar-refractivity contribution >= 4 is 0 Å². The molecule has 0 aromatic heterocycles. The Morgan fingerprint density at radius 1 is 0.611 bits per heavy atom. The maximum absolute atomic E-state index is 10.5. The predicted octanol–water partition coefficient (Wildman–Crippen LogP) is -1.000. The lowest BCUT2D eigenvalue weighted by atomic mass is 9.87. The molecule has 8 N–H and O–H groups in total. The Morgan fingerprint density at radius 2 is 1.17 bits per heavy atom. The minimum atomic E-state index is -1.46. The number of rotatable bonds is 5. The molecule has 0 spiro atoms. The summed E-state index contributed by atoms with van der Waals surface area (Å²) >= 11 is 0. The highest BCUT2D eigenvalue weighted by Crippen LogP contribution is 2.37. The fourth-order valence-electron chi connectivity index (χ4n) is 5.09. The van der Waals surface area contributed by atoms with Gasteiger partial charge in [-0.2, -0.15) is 0 Å². The van der Waals surface area contributed by atoms with Gasteiger partial charge < -0.3 is 50.3 Å². The van der Waals surface area contributed by atoms with Crippen molar-refractivity contribution in [3.05, 3.63) is 58.7 Å². The van der Waals surface area contributed by atoms with E-state index in [9.17, 15) is 40.9 Å². The van der Waals surface area contributed by atoms with Crippen molar-refractivity contribution in [2.24, 2.45) is 0 Å². The number of hydrogen-bond donors (Lipinski definition) is 8. The first kappa shape index (κ1) is 27.1. The summed E-state index contributed by atoms with van der Waals surface area (Å²) < 4.78 is 11.3. The van der Waals surface area contributed by atoms with E-state index in [1.54, 1.807) is 12.1 Å². The third-order valence-corrected chi connectivity index (χ3v) is 7.25. The van der Waals surface area contributed by atoms with Crippen molar-refractivity contribution < 1.29 is 50.3 Å².